The third-order valence-corrected chi connectivity index (χ3v) is 4.83. The molecule has 4 nitrogen and oxygen atoms in total. The van der Waals surface area contributed by atoms with Crippen LogP contribution in [-0.4, -0.2) is 24.6 Å². The van der Waals surface area contributed by atoms with Gasteiger partial charge in [-0.3, -0.25) is 0 Å². The van der Waals surface area contributed by atoms with Crippen molar-refractivity contribution in [2.75, 3.05) is 7.11 Å². The van der Waals surface area contributed by atoms with E-state index >= 15 is 0 Å². The minimum Gasteiger partial charge on any atom is -0.466 e. The van der Waals surface area contributed by atoms with Crippen molar-refractivity contribution in [3.63, 3.8) is 0 Å². The molecule has 0 bridgehead atoms. The van der Waals surface area contributed by atoms with Gasteiger partial charge in [0.15, 0.2) is 0 Å². The number of aryl methyl sites for hydroxylation is 2. The quantitative estimate of drug-likeness (QED) is 0.787. The Morgan fingerprint density at radius 2 is 1.81 bits per heavy atom. The molecule has 0 aliphatic carbocycles. The number of methoxy groups -OCH3 is 1. The SMILES string of the molecule is COC(=O)C1(C)OC(=O)C(Cc2cc(C)ccc2C)=C1c1ccccc1. The zero-order valence-corrected chi connectivity index (χ0v) is 15.5. The maximum absolute atomic E-state index is 12.7. The topological polar surface area (TPSA) is 52.6 Å². The van der Waals surface area contributed by atoms with E-state index in [0.717, 1.165) is 22.3 Å². The molecule has 0 N–H and O–H groups in total. The smallest absolute Gasteiger partial charge is 0.354 e. The van der Waals surface area contributed by atoms with Crippen LogP contribution in [0.4, 0.5) is 0 Å². The summed E-state index contributed by atoms with van der Waals surface area (Å²) < 4.78 is 10.5. The van der Waals surface area contributed by atoms with Crippen LogP contribution in [0.25, 0.3) is 5.57 Å². The van der Waals surface area contributed by atoms with E-state index in [-0.39, 0.29) is 0 Å². The Morgan fingerprint density at radius 3 is 2.46 bits per heavy atom. The minimum atomic E-state index is -1.44. The number of hydrogen-bond donors (Lipinski definition) is 0. The first kappa shape index (κ1) is 17.9. The molecule has 1 aliphatic heterocycles. The lowest BCUT2D eigenvalue weighted by atomic mass is 9.85. The molecular weight excluding hydrogens is 328 g/mol. The first-order valence-corrected chi connectivity index (χ1v) is 8.53. The molecule has 26 heavy (non-hydrogen) atoms. The van der Waals surface area contributed by atoms with E-state index in [1.807, 2.05) is 56.3 Å². The van der Waals surface area contributed by atoms with Gasteiger partial charge in [-0.2, -0.15) is 0 Å². The van der Waals surface area contributed by atoms with Crippen LogP contribution in [-0.2, 0) is 25.5 Å². The third-order valence-electron chi connectivity index (χ3n) is 4.83. The van der Waals surface area contributed by atoms with Crippen molar-refractivity contribution in [1.82, 2.24) is 0 Å². The molecule has 0 saturated heterocycles. The number of carbonyl (C=O) groups is 2. The Balaban J connectivity index is 2.19. The lowest BCUT2D eigenvalue weighted by Crippen LogP contribution is -2.38. The number of esters is 2. The predicted molar refractivity (Wildman–Crippen MR) is 99.5 cm³/mol. The normalized spacial score (nSPS) is 19.5. The van der Waals surface area contributed by atoms with Crippen LogP contribution >= 0.6 is 0 Å². The van der Waals surface area contributed by atoms with E-state index < -0.39 is 17.5 Å². The molecule has 1 aliphatic rings. The van der Waals surface area contributed by atoms with Gasteiger partial charge in [-0.05, 0) is 37.5 Å². The van der Waals surface area contributed by atoms with Crippen LogP contribution < -0.4 is 0 Å². The molecule has 2 aromatic rings. The van der Waals surface area contributed by atoms with Gasteiger partial charge < -0.3 is 9.47 Å². The Hall–Kier alpha value is -2.88. The second-order valence-electron chi connectivity index (χ2n) is 6.74. The van der Waals surface area contributed by atoms with E-state index in [1.54, 1.807) is 6.92 Å². The molecule has 2 aromatic carbocycles. The van der Waals surface area contributed by atoms with Gasteiger partial charge in [0.05, 0.1) is 7.11 Å². The number of carbonyl (C=O) groups excluding carboxylic acids is 2. The summed E-state index contributed by atoms with van der Waals surface area (Å²) in [5, 5.41) is 0. The van der Waals surface area contributed by atoms with Crippen molar-refractivity contribution < 1.29 is 19.1 Å². The van der Waals surface area contributed by atoms with Crippen LogP contribution in [0, 0.1) is 13.8 Å². The molecule has 0 radical (unpaired) electrons. The highest BCUT2D eigenvalue weighted by molar-refractivity contribution is 6.12. The molecule has 0 saturated carbocycles. The van der Waals surface area contributed by atoms with Crippen molar-refractivity contribution in [1.29, 1.82) is 0 Å². The molecule has 0 aromatic heterocycles. The summed E-state index contributed by atoms with van der Waals surface area (Å²) in [5.74, 6) is -1.06. The highest BCUT2D eigenvalue weighted by Gasteiger charge is 2.51. The predicted octanol–water partition coefficient (Wildman–Crippen LogP) is 3.79. The van der Waals surface area contributed by atoms with Crippen LogP contribution in [0.3, 0.4) is 0 Å². The van der Waals surface area contributed by atoms with Gasteiger partial charge >= 0.3 is 11.9 Å². The Labute approximate surface area is 153 Å². The van der Waals surface area contributed by atoms with Crippen LogP contribution in [0.1, 0.15) is 29.2 Å². The van der Waals surface area contributed by atoms with Crippen LogP contribution in [0.2, 0.25) is 0 Å². The largest absolute Gasteiger partial charge is 0.466 e. The van der Waals surface area contributed by atoms with E-state index in [2.05, 4.69) is 6.07 Å². The molecule has 1 unspecified atom stereocenters. The zero-order chi connectivity index (χ0) is 18.9. The molecule has 1 heterocycles. The van der Waals surface area contributed by atoms with Gasteiger partial charge in [0.25, 0.3) is 0 Å². The summed E-state index contributed by atoms with van der Waals surface area (Å²) in [6.45, 7) is 5.62. The van der Waals surface area contributed by atoms with Gasteiger partial charge in [0, 0.05) is 17.6 Å². The zero-order valence-electron chi connectivity index (χ0n) is 15.5. The summed E-state index contributed by atoms with van der Waals surface area (Å²) in [4.78, 5) is 25.2. The molecule has 4 heteroatoms. The average molecular weight is 350 g/mol. The number of rotatable bonds is 4. The fourth-order valence-electron chi connectivity index (χ4n) is 3.42. The van der Waals surface area contributed by atoms with E-state index in [0.29, 0.717) is 17.6 Å². The van der Waals surface area contributed by atoms with Crippen LogP contribution in [0.5, 0.6) is 0 Å². The van der Waals surface area contributed by atoms with E-state index in [9.17, 15) is 9.59 Å². The van der Waals surface area contributed by atoms with Crippen molar-refractivity contribution in [3.8, 4) is 0 Å². The molecule has 1 atom stereocenters. The summed E-state index contributed by atoms with van der Waals surface area (Å²) in [6.07, 6.45) is 0.406. The lowest BCUT2D eigenvalue weighted by molar-refractivity contribution is -0.166. The highest BCUT2D eigenvalue weighted by atomic mass is 16.6. The van der Waals surface area contributed by atoms with Gasteiger partial charge in [-0.15, -0.1) is 0 Å². The van der Waals surface area contributed by atoms with Crippen molar-refractivity contribution in [3.05, 3.63) is 76.4 Å². The average Bonchev–Trinajstić information content (AvgIpc) is 2.89. The Kier molecular flexibility index (Phi) is 4.68. The summed E-state index contributed by atoms with van der Waals surface area (Å²) in [6, 6.07) is 15.5. The minimum absolute atomic E-state index is 0.406. The first-order chi connectivity index (χ1) is 12.4. The first-order valence-electron chi connectivity index (χ1n) is 8.53. The maximum atomic E-state index is 12.7. The number of hydrogen-bond acceptors (Lipinski definition) is 4. The summed E-state index contributed by atoms with van der Waals surface area (Å²) >= 11 is 0. The number of benzene rings is 2. The van der Waals surface area contributed by atoms with Crippen LogP contribution in [0.15, 0.2) is 54.1 Å². The summed E-state index contributed by atoms with van der Waals surface area (Å²) in [7, 11) is 1.30. The third kappa shape index (κ3) is 3.03. The van der Waals surface area contributed by atoms with Gasteiger partial charge in [-0.25, -0.2) is 9.59 Å². The monoisotopic (exact) mass is 350 g/mol. The van der Waals surface area contributed by atoms with Crippen molar-refractivity contribution in [2.24, 2.45) is 0 Å². The van der Waals surface area contributed by atoms with Gasteiger partial charge in [-0.1, -0.05) is 54.1 Å². The Bertz CT molecular complexity index is 896. The van der Waals surface area contributed by atoms with Crippen molar-refractivity contribution >= 4 is 17.5 Å². The highest BCUT2D eigenvalue weighted by Crippen LogP contribution is 2.42. The molecule has 0 spiro atoms. The second-order valence-corrected chi connectivity index (χ2v) is 6.74. The van der Waals surface area contributed by atoms with Gasteiger partial charge in [0.2, 0.25) is 5.60 Å². The Morgan fingerprint density at radius 1 is 1.12 bits per heavy atom. The van der Waals surface area contributed by atoms with Gasteiger partial charge in [0.1, 0.15) is 0 Å². The molecule has 0 fully saturated rings. The molecule has 3 rings (SSSR count). The lowest BCUT2D eigenvalue weighted by Gasteiger charge is -2.23. The summed E-state index contributed by atoms with van der Waals surface area (Å²) in [5.41, 5.74) is 3.67. The number of ether oxygens (including phenoxy) is 2. The van der Waals surface area contributed by atoms with Crippen molar-refractivity contribution in [2.45, 2.75) is 32.8 Å². The molecule has 0 amide bonds. The van der Waals surface area contributed by atoms with E-state index in [1.165, 1.54) is 7.11 Å². The maximum Gasteiger partial charge on any atom is 0.354 e. The fourth-order valence-corrected chi connectivity index (χ4v) is 3.42. The fraction of sp³-hybridized carbons (Fsp3) is 0.273. The standard InChI is InChI=1S/C22H22O4/c1-14-10-11-15(2)17(12-14)13-18-19(16-8-6-5-7-9-16)22(3,21(24)25-4)26-20(18)23/h5-12H,13H2,1-4H3. The second kappa shape index (κ2) is 6.79. The van der Waals surface area contributed by atoms with E-state index in [4.69, 9.17) is 9.47 Å². The molecular formula is C22H22O4. The number of cyclic esters (lactones) is 1. The molecule has 134 valence electrons.